The van der Waals surface area contributed by atoms with E-state index >= 15 is 0 Å². The number of sulfonamides is 1. The average Bonchev–Trinajstić information content (AvgIpc) is 3.34. The Balaban J connectivity index is 1.61. The van der Waals surface area contributed by atoms with Crippen molar-refractivity contribution in [3.8, 4) is 0 Å². The molecule has 0 radical (unpaired) electrons. The van der Waals surface area contributed by atoms with Crippen molar-refractivity contribution in [2.24, 2.45) is 0 Å². The molecule has 3 heterocycles. The first-order chi connectivity index (χ1) is 19.7. The first kappa shape index (κ1) is 31.0. The summed E-state index contributed by atoms with van der Waals surface area (Å²) in [5, 5.41) is 3.37. The van der Waals surface area contributed by atoms with E-state index in [2.05, 4.69) is 5.32 Å². The topological polar surface area (TPSA) is 116 Å². The van der Waals surface area contributed by atoms with Crippen molar-refractivity contribution in [3.05, 3.63) is 45.8 Å². The fraction of sp³-hybridized carbons (Fsp3) is 0.552. The number of piperidine rings is 1. The fourth-order valence-corrected chi connectivity index (χ4v) is 8.08. The Morgan fingerprint density at radius 1 is 0.976 bits per heavy atom. The van der Waals surface area contributed by atoms with E-state index in [9.17, 15) is 22.8 Å². The highest BCUT2D eigenvalue weighted by molar-refractivity contribution is 7.89. The molecule has 1 aromatic heterocycles. The highest BCUT2D eigenvalue weighted by atomic mass is 32.2. The van der Waals surface area contributed by atoms with Crippen LogP contribution in [0.2, 0.25) is 0 Å². The summed E-state index contributed by atoms with van der Waals surface area (Å²) < 4.78 is 32.7. The molecule has 12 heteroatoms. The Kier molecular flexibility index (Phi) is 10.4. The average molecular weight is 605 g/mol. The highest BCUT2D eigenvalue weighted by Gasteiger charge is 2.33. The van der Waals surface area contributed by atoms with E-state index in [1.165, 1.54) is 39.9 Å². The quantitative estimate of drug-likeness (QED) is 0.410. The third kappa shape index (κ3) is 6.92. The number of rotatable bonds is 10. The molecule has 2 aromatic rings. The van der Waals surface area contributed by atoms with E-state index in [0.29, 0.717) is 61.8 Å². The van der Waals surface area contributed by atoms with E-state index in [0.717, 1.165) is 42.5 Å². The van der Waals surface area contributed by atoms with Crippen LogP contribution in [0, 0.1) is 0 Å². The van der Waals surface area contributed by atoms with Crippen molar-refractivity contribution in [2.75, 3.05) is 44.6 Å². The third-order valence-electron chi connectivity index (χ3n) is 7.37. The molecule has 0 aliphatic carbocycles. The summed E-state index contributed by atoms with van der Waals surface area (Å²) >= 11 is 1.30. The maximum absolute atomic E-state index is 13.8. The van der Waals surface area contributed by atoms with Gasteiger partial charge in [0.25, 0.3) is 11.8 Å². The molecule has 2 aliphatic heterocycles. The Labute approximate surface area is 246 Å². The van der Waals surface area contributed by atoms with Crippen molar-refractivity contribution in [1.82, 2.24) is 14.1 Å². The van der Waals surface area contributed by atoms with Gasteiger partial charge < -0.3 is 19.9 Å². The molecule has 1 saturated heterocycles. The summed E-state index contributed by atoms with van der Waals surface area (Å²) in [5.41, 5.74) is 1.63. The molecule has 0 spiro atoms. The van der Waals surface area contributed by atoms with Crippen LogP contribution in [-0.4, -0.2) is 79.8 Å². The molecule has 2 aliphatic rings. The van der Waals surface area contributed by atoms with Gasteiger partial charge in [-0.25, -0.2) is 13.2 Å². The van der Waals surface area contributed by atoms with E-state index in [4.69, 9.17) is 4.74 Å². The lowest BCUT2D eigenvalue weighted by atomic mass is 10.0. The maximum Gasteiger partial charge on any atom is 0.410 e. The van der Waals surface area contributed by atoms with Crippen molar-refractivity contribution >= 4 is 44.3 Å². The molecule has 4 rings (SSSR count). The van der Waals surface area contributed by atoms with Crippen molar-refractivity contribution < 1.29 is 27.5 Å². The lowest BCUT2D eigenvalue weighted by molar-refractivity contribution is 0.0755. The van der Waals surface area contributed by atoms with E-state index in [1.54, 1.807) is 11.8 Å². The molecule has 0 bridgehead atoms. The molecule has 10 nitrogen and oxygen atoms in total. The molecule has 0 saturated carbocycles. The summed E-state index contributed by atoms with van der Waals surface area (Å²) in [4.78, 5) is 44.0. The Morgan fingerprint density at radius 3 is 2.24 bits per heavy atom. The number of fused-ring (bicyclic) bond motifs is 1. The molecular formula is C29H40N4O6S2. The molecule has 41 heavy (non-hydrogen) atoms. The van der Waals surface area contributed by atoms with E-state index in [-0.39, 0.29) is 17.4 Å². The Morgan fingerprint density at radius 2 is 1.63 bits per heavy atom. The zero-order chi connectivity index (χ0) is 29.6. The minimum absolute atomic E-state index is 0.131. The lowest BCUT2D eigenvalue weighted by Gasteiger charge is -2.27. The van der Waals surface area contributed by atoms with Crippen LogP contribution in [0.3, 0.4) is 0 Å². The van der Waals surface area contributed by atoms with Gasteiger partial charge in [-0.1, -0.05) is 20.3 Å². The second kappa shape index (κ2) is 13.8. The third-order valence-corrected chi connectivity index (χ3v) is 10.4. The summed E-state index contributed by atoms with van der Waals surface area (Å²) in [7, 11) is -3.61. The number of ether oxygens (including phenoxy) is 1. The number of hydrogen-bond acceptors (Lipinski definition) is 7. The predicted octanol–water partition coefficient (Wildman–Crippen LogP) is 4.95. The number of anilines is 1. The predicted molar refractivity (Wildman–Crippen MR) is 159 cm³/mol. The number of carbonyl (C=O) groups is 3. The zero-order valence-corrected chi connectivity index (χ0v) is 25.7. The normalized spacial score (nSPS) is 15.7. The molecule has 1 N–H and O–H groups in total. The van der Waals surface area contributed by atoms with E-state index in [1.807, 2.05) is 18.7 Å². The van der Waals surface area contributed by atoms with Crippen LogP contribution in [0.4, 0.5) is 9.80 Å². The summed E-state index contributed by atoms with van der Waals surface area (Å²) in [6.45, 7) is 9.02. The van der Waals surface area contributed by atoms with Crippen LogP contribution in [0.5, 0.6) is 0 Å². The van der Waals surface area contributed by atoms with Crippen molar-refractivity contribution in [1.29, 1.82) is 0 Å². The smallest absolute Gasteiger partial charge is 0.410 e. The van der Waals surface area contributed by atoms with Gasteiger partial charge in [0.1, 0.15) is 5.00 Å². The largest absolute Gasteiger partial charge is 0.450 e. The number of hydrogen-bond donors (Lipinski definition) is 1. The summed E-state index contributed by atoms with van der Waals surface area (Å²) in [6.07, 6.45) is 4.41. The standard InChI is InChI=1S/C29H40N4O6S2/c1-4-15-31(16-5-2)28(35)25-23-14-19-32(29(36)39-6-3)20-24(23)40-27(25)30-26(34)21-10-12-22(13-11-21)41(37,38)33-17-8-7-9-18-33/h10-13H,4-9,14-20H2,1-3H3,(H,30,34). The monoisotopic (exact) mass is 604 g/mol. The van der Waals surface area contributed by atoms with Gasteiger partial charge in [0, 0.05) is 43.2 Å². The SMILES string of the molecule is CCCN(CCC)C(=O)c1c(NC(=O)c2ccc(S(=O)(=O)N3CCCCC3)cc2)sc2c1CCN(C(=O)OCC)C2. The number of carbonyl (C=O) groups excluding carboxylic acids is 3. The Hall–Kier alpha value is -2.96. The van der Waals surface area contributed by atoms with Gasteiger partial charge in [0.2, 0.25) is 10.0 Å². The van der Waals surface area contributed by atoms with Gasteiger partial charge in [0.15, 0.2) is 0 Å². The highest BCUT2D eigenvalue weighted by Crippen LogP contribution is 2.38. The molecular weight excluding hydrogens is 564 g/mol. The number of benzene rings is 1. The second-order valence-electron chi connectivity index (χ2n) is 10.3. The first-order valence-corrected chi connectivity index (χ1v) is 16.7. The number of nitrogens with one attached hydrogen (secondary N) is 1. The van der Waals surface area contributed by atoms with Crippen LogP contribution in [-0.2, 0) is 27.7 Å². The Bertz CT molecular complexity index is 1340. The van der Waals surface area contributed by atoms with Crippen molar-refractivity contribution in [3.63, 3.8) is 0 Å². The van der Waals surface area contributed by atoms with Crippen LogP contribution in [0.15, 0.2) is 29.2 Å². The van der Waals surface area contributed by atoms with Crippen LogP contribution < -0.4 is 5.32 Å². The van der Waals surface area contributed by atoms with Gasteiger partial charge in [-0.05, 0) is 68.9 Å². The maximum atomic E-state index is 13.8. The minimum atomic E-state index is -3.61. The second-order valence-corrected chi connectivity index (χ2v) is 13.4. The summed E-state index contributed by atoms with van der Waals surface area (Å²) in [6, 6.07) is 5.94. The minimum Gasteiger partial charge on any atom is -0.450 e. The molecule has 1 fully saturated rings. The fourth-order valence-electron chi connectivity index (χ4n) is 5.31. The van der Waals surface area contributed by atoms with Gasteiger partial charge >= 0.3 is 6.09 Å². The molecule has 0 unspecified atom stereocenters. The summed E-state index contributed by atoms with van der Waals surface area (Å²) in [5.74, 6) is -0.562. The van der Waals surface area contributed by atoms with Crippen LogP contribution in [0.25, 0.3) is 0 Å². The van der Waals surface area contributed by atoms with Gasteiger partial charge in [-0.15, -0.1) is 11.3 Å². The molecule has 1 aromatic carbocycles. The molecule has 0 atom stereocenters. The van der Waals surface area contributed by atoms with Crippen LogP contribution in [0.1, 0.15) is 84.0 Å². The first-order valence-electron chi connectivity index (χ1n) is 14.5. The van der Waals surface area contributed by atoms with Crippen LogP contribution >= 0.6 is 11.3 Å². The number of amides is 3. The molecule has 3 amide bonds. The number of nitrogens with zero attached hydrogens (tertiary/aromatic N) is 3. The van der Waals surface area contributed by atoms with E-state index < -0.39 is 22.0 Å². The lowest BCUT2D eigenvalue weighted by Crippen LogP contribution is -2.37. The number of thiophene rings is 1. The van der Waals surface area contributed by atoms with Gasteiger partial charge in [-0.2, -0.15) is 4.31 Å². The zero-order valence-electron chi connectivity index (χ0n) is 24.1. The van der Waals surface area contributed by atoms with Crippen molar-refractivity contribution in [2.45, 2.75) is 70.7 Å². The molecule has 224 valence electrons. The van der Waals surface area contributed by atoms with Gasteiger partial charge in [0.05, 0.1) is 23.6 Å². The van der Waals surface area contributed by atoms with Gasteiger partial charge in [-0.3, -0.25) is 9.59 Å².